The van der Waals surface area contributed by atoms with Crippen LogP contribution in [-0.4, -0.2) is 22.4 Å². The molecule has 0 aliphatic carbocycles. The number of aryl methyl sites for hydroxylation is 1. The van der Waals surface area contributed by atoms with E-state index in [-0.39, 0.29) is 18.3 Å². The van der Waals surface area contributed by atoms with Crippen LogP contribution in [0.1, 0.15) is 43.7 Å². The number of nitrogens with zero attached hydrogens (tertiary/aromatic N) is 2. The second-order valence-electron chi connectivity index (χ2n) is 6.26. The van der Waals surface area contributed by atoms with Gasteiger partial charge in [-0.2, -0.15) is 0 Å². The summed E-state index contributed by atoms with van der Waals surface area (Å²) in [5, 5.41) is 10.7. The zero-order valence-corrected chi connectivity index (χ0v) is 14.2. The molecule has 6 nitrogen and oxygen atoms in total. The molecule has 0 radical (unpaired) electrons. The van der Waals surface area contributed by atoms with Crippen molar-refractivity contribution in [1.82, 2.24) is 10.5 Å². The predicted octanol–water partition coefficient (Wildman–Crippen LogP) is 2.97. The van der Waals surface area contributed by atoms with Gasteiger partial charge in [-0.25, -0.2) is 4.39 Å². The van der Waals surface area contributed by atoms with E-state index in [2.05, 4.69) is 22.6 Å². The number of hydrogen-bond acceptors (Lipinski definition) is 5. The fourth-order valence-corrected chi connectivity index (χ4v) is 2.63. The lowest BCUT2D eigenvalue weighted by Crippen LogP contribution is -2.44. The van der Waals surface area contributed by atoms with Gasteiger partial charge in [0, 0.05) is 12.5 Å². The Morgan fingerprint density at radius 2 is 2.12 bits per heavy atom. The van der Waals surface area contributed by atoms with Gasteiger partial charge in [0.25, 0.3) is 5.91 Å². The molecule has 1 aromatic carbocycles. The monoisotopic (exact) mass is 345 g/mol. The van der Waals surface area contributed by atoms with Crippen LogP contribution in [0.3, 0.4) is 0 Å². The molecule has 25 heavy (non-hydrogen) atoms. The molecular weight excluding hydrogens is 325 g/mol. The molecular formula is C18H20FN3O3. The number of carbonyl (C=O) groups is 1. The standard InChI is InChI=1S/C18H20FN3O3/c1-3-4-14-9-15(24-21-14)11-20-17(23)18(2)10-16(22-25-18)12-5-7-13(19)8-6-12/h5-9H,3-4,10-11H2,1-2H3,(H,20,23). The van der Waals surface area contributed by atoms with Crippen LogP contribution in [0.25, 0.3) is 0 Å². The van der Waals surface area contributed by atoms with Gasteiger partial charge >= 0.3 is 0 Å². The number of aromatic nitrogens is 1. The van der Waals surface area contributed by atoms with Gasteiger partial charge in [-0.15, -0.1) is 0 Å². The Morgan fingerprint density at radius 3 is 2.84 bits per heavy atom. The average molecular weight is 345 g/mol. The first-order valence-electron chi connectivity index (χ1n) is 8.24. The van der Waals surface area contributed by atoms with Crippen LogP contribution in [0, 0.1) is 5.82 Å². The van der Waals surface area contributed by atoms with E-state index in [4.69, 9.17) is 9.36 Å². The number of halogens is 1. The number of rotatable bonds is 6. The highest BCUT2D eigenvalue weighted by atomic mass is 19.1. The summed E-state index contributed by atoms with van der Waals surface area (Å²) in [6, 6.07) is 7.77. The first kappa shape index (κ1) is 17.1. The van der Waals surface area contributed by atoms with Gasteiger partial charge in [-0.3, -0.25) is 4.79 Å². The third-order valence-electron chi connectivity index (χ3n) is 4.06. The predicted molar refractivity (Wildman–Crippen MR) is 89.4 cm³/mol. The SMILES string of the molecule is CCCc1cc(CNC(=O)C2(C)CC(c3ccc(F)cc3)=NO2)on1. The summed E-state index contributed by atoms with van der Waals surface area (Å²) in [4.78, 5) is 17.8. The van der Waals surface area contributed by atoms with Gasteiger partial charge in [-0.1, -0.05) is 35.8 Å². The molecule has 0 saturated carbocycles. The van der Waals surface area contributed by atoms with Gasteiger partial charge in [0.15, 0.2) is 5.76 Å². The Hall–Kier alpha value is -2.70. The van der Waals surface area contributed by atoms with Crippen molar-refractivity contribution in [2.45, 2.75) is 45.3 Å². The van der Waals surface area contributed by atoms with Crippen molar-refractivity contribution in [3.63, 3.8) is 0 Å². The third-order valence-corrected chi connectivity index (χ3v) is 4.06. The van der Waals surface area contributed by atoms with E-state index in [0.717, 1.165) is 24.1 Å². The van der Waals surface area contributed by atoms with E-state index in [0.29, 0.717) is 17.9 Å². The first-order valence-corrected chi connectivity index (χ1v) is 8.24. The van der Waals surface area contributed by atoms with Crippen LogP contribution in [0.15, 0.2) is 40.0 Å². The van der Waals surface area contributed by atoms with Gasteiger partial charge in [0.05, 0.1) is 18.0 Å². The lowest BCUT2D eigenvalue weighted by molar-refractivity contribution is -0.142. The maximum atomic E-state index is 13.0. The molecule has 0 spiro atoms. The molecule has 1 aliphatic heterocycles. The summed E-state index contributed by atoms with van der Waals surface area (Å²) in [6.07, 6.45) is 2.13. The van der Waals surface area contributed by atoms with Crippen molar-refractivity contribution in [3.05, 3.63) is 53.2 Å². The Kier molecular flexibility index (Phi) is 4.83. The van der Waals surface area contributed by atoms with Gasteiger partial charge in [-0.05, 0) is 31.0 Å². The van der Waals surface area contributed by atoms with E-state index in [1.807, 2.05) is 6.07 Å². The summed E-state index contributed by atoms with van der Waals surface area (Å²) in [5.74, 6) is -0.0156. The third kappa shape index (κ3) is 3.87. The number of benzene rings is 1. The fourth-order valence-electron chi connectivity index (χ4n) is 2.63. The largest absolute Gasteiger partial charge is 0.379 e. The van der Waals surface area contributed by atoms with Crippen LogP contribution in [0.5, 0.6) is 0 Å². The molecule has 1 amide bonds. The number of amides is 1. The molecule has 132 valence electrons. The van der Waals surface area contributed by atoms with E-state index < -0.39 is 5.60 Å². The van der Waals surface area contributed by atoms with Crippen molar-refractivity contribution < 1.29 is 18.5 Å². The summed E-state index contributed by atoms with van der Waals surface area (Å²) in [6.45, 7) is 3.97. The number of oxime groups is 1. The Balaban J connectivity index is 1.58. The van der Waals surface area contributed by atoms with Crippen molar-refractivity contribution >= 4 is 11.6 Å². The van der Waals surface area contributed by atoms with Gasteiger partial charge in [0.1, 0.15) is 5.82 Å². The minimum absolute atomic E-state index is 0.236. The fraction of sp³-hybridized carbons (Fsp3) is 0.389. The lowest BCUT2D eigenvalue weighted by atomic mass is 9.95. The van der Waals surface area contributed by atoms with E-state index in [1.165, 1.54) is 12.1 Å². The highest BCUT2D eigenvalue weighted by Crippen LogP contribution is 2.27. The van der Waals surface area contributed by atoms with Crippen LogP contribution in [0.2, 0.25) is 0 Å². The average Bonchev–Trinajstić information content (AvgIpc) is 3.21. The number of hydrogen-bond donors (Lipinski definition) is 1. The molecule has 3 rings (SSSR count). The molecule has 0 fully saturated rings. The van der Waals surface area contributed by atoms with Gasteiger partial charge in [0.2, 0.25) is 5.60 Å². The second-order valence-corrected chi connectivity index (χ2v) is 6.26. The second kappa shape index (κ2) is 7.04. The molecule has 1 aromatic heterocycles. The molecule has 0 bridgehead atoms. The van der Waals surface area contributed by atoms with Crippen LogP contribution in [0.4, 0.5) is 4.39 Å². The summed E-state index contributed by atoms with van der Waals surface area (Å²) in [5.41, 5.74) is 1.12. The van der Waals surface area contributed by atoms with Gasteiger partial charge < -0.3 is 14.7 Å². The highest BCUT2D eigenvalue weighted by molar-refractivity contribution is 6.05. The van der Waals surface area contributed by atoms with Crippen molar-refractivity contribution in [2.24, 2.45) is 5.16 Å². The Labute approximate surface area is 145 Å². The first-order chi connectivity index (χ1) is 12.0. The maximum absolute atomic E-state index is 13.0. The number of nitrogens with one attached hydrogen (secondary N) is 1. The summed E-state index contributed by atoms with van der Waals surface area (Å²) in [7, 11) is 0. The minimum Gasteiger partial charge on any atom is -0.379 e. The topological polar surface area (TPSA) is 76.7 Å². The Morgan fingerprint density at radius 1 is 1.36 bits per heavy atom. The molecule has 1 atom stereocenters. The highest BCUT2D eigenvalue weighted by Gasteiger charge is 2.42. The zero-order chi connectivity index (χ0) is 17.9. The maximum Gasteiger partial charge on any atom is 0.267 e. The number of carbonyl (C=O) groups excluding carboxylic acids is 1. The molecule has 1 N–H and O–H groups in total. The van der Waals surface area contributed by atoms with E-state index >= 15 is 0 Å². The molecule has 0 saturated heterocycles. The van der Waals surface area contributed by atoms with Crippen molar-refractivity contribution in [3.8, 4) is 0 Å². The molecule has 7 heteroatoms. The summed E-state index contributed by atoms with van der Waals surface area (Å²) < 4.78 is 18.2. The van der Waals surface area contributed by atoms with Crippen LogP contribution >= 0.6 is 0 Å². The quantitative estimate of drug-likeness (QED) is 0.873. The molecule has 2 aromatic rings. The van der Waals surface area contributed by atoms with Crippen LogP contribution in [-0.2, 0) is 22.6 Å². The van der Waals surface area contributed by atoms with E-state index in [9.17, 15) is 9.18 Å². The normalized spacial score (nSPS) is 19.4. The zero-order valence-electron chi connectivity index (χ0n) is 14.2. The van der Waals surface area contributed by atoms with E-state index in [1.54, 1.807) is 19.1 Å². The molecule has 1 aliphatic rings. The van der Waals surface area contributed by atoms with Crippen molar-refractivity contribution in [2.75, 3.05) is 0 Å². The molecule has 1 unspecified atom stereocenters. The van der Waals surface area contributed by atoms with Crippen LogP contribution < -0.4 is 5.32 Å². The Bertz CT molecular complexity index is 785. The smallest absolute Gasteiger partial charge is 0.267 e. The lowest BCUT2D eigenvalue weighted by Gasteiger charge is -2.19. The summed E-state index contributed by atoms with van der Waals surface area (Å²) >= 11 is 0. The molecule has 2 heterocycles. The minimum atomic E-state index is -1.10. The van der Waals surface area contributed by atoms with Crippen molar-refractivity contribution in [1.29, 1.82) is 0 Å².